The van der Waals surface area contributed by atoms with Crippen LogP contribution in [-0.2, 0) is 11.2 Å². The summed E-state index contributed by atoms with van der Waals surface area (Å²) in [6, 6.07) is 8.81. The molecule has 1 saturated heterocycles. The van der Waals surface area contributed by atoms with E-state index in [-0.39, 0.29) is 5.60 Å². The van der Waals surface area contributed by atoms with Crippen LogP contribution in [0.15, 0.2) is 24.3 Å². The Morgan fingerprint density at radius 2 is 2.20 bits per heavy atom. The van der Waals surface area contributed by atoms with Crippen molar-refractivity contribution in [2.24, 2.45) is 0 Å². The van der Waals surface area contributed by atoms with Gasteiger partial charge in [-0.25, -0.2) is 0 Å². The Balaban J connectivity index is 2.02. The van der Waals surface area contributed by atoms with Gasteiger partial charge in [0.15, 0.2) is 0 Å². The molecule has 1 fully saturated rings. The van der Waals surface area contributed by atoms with Crippen LogP contribution in [0.4, 0.5) is 0 Å². The summed E-state index contributed by atoms with van der Waals surface area (Å²) < 4.78 is 11.5. The summed E-state index contributed by atoms with van der Waals surface area (Å²) in [4.78, 5) is 0. The first kappa shape index (κ1) is 15.3. The van der Waals surface area contributed by atoms with Gasteiger partial charge < -0.3 is 14.8 Å². The lowest BCUT2D eigenvalue weighted by Gasteiger charge is -2.39. The van der Waals surface area contributed by atoms with Crippen LogP contribution in [0.3, 0.4) is 0 Å². The van der Waals surface area contributed by atoms with Gasteiger partial charge in [-0.3, -0.25) is 0 Å². The van der Waals surface area contributed by atoms with Gasteiger partial charge in [-0.05, 0) is 44.4 Å². The van der Waals surface area contributed by atoms with Crippen LogP contribution in [0.25, 0.3) is 0 Å². The first-order valence-electron chi connectivity index (χ1n) is 7.66. The Kier molecular flexibility index (Phi) is 5.44. The molecule has 20 heavy (non-hydrogen) atoms. The standard InChI is InChI=1S/C17H27NO2/c1-4-10-18-15-9-11-20-17(2,13-15)12-14-7-5-6-8-16(14)19-3/h5-8,15,18H,4,9-13H2,1-3H3. The molecular formula is C17H27NO2. The Hall–Kier alpha value is -1.06. The highest BCUT2D eigenvalue weighted by atomic mass is 16.5. The maximum atomic E-state index is 6.08. The van der Waals surface area contributed by atoms with Gasteiger partial charge in [0.05, 0.1) is 12.7 Å². The third-order valence-electron chi connectivity index (χ3n) is 4.03. The minimum absolute atomic E-state index is 0.0989. The molecule has 1 aromatic carbocycles. The van der Waals surface area contributed by atoms with E-state index in [1.165, 1.54) is 12.0 Å². The van der Waals surface area contributed by atoms with Gasteiger partial charge in [-0.2, -0.15) is 0 Å². The molecule has 1 aliphatic rings. The van der Waals surface area contributed by atoms with E-state index in [1.807, 2.05) is 12.1 Å². The maximum Gasteiger partial charge on any atom is 0.122 e. The summed E-state index contributed by atoms with van der Waals surface area (Å²) in [5.74, 6) is 0.959. The Morgan fingerprint density at radius 1 is 1.40 bits per heavy atom. The molecule has 2 rings (SSSR count). The molecular weight excluding hydrogens is 250 g/mol. The molecule has 0 aromatic heterocycles. The van der Waals surface area contributed by atoms with Crippen LogP contribution >= 0.6 is 0 Å². The average molecular weight is 277 g/mol. The van der Waals surface area contributed by atoms with Crippen molar-refractivity contribution >= 4 is 0 Å². The van der Waals surface area contributed by atoms with Crippen molar-refractivity contribution in [1.82, 2.24) is 5.32 Å². The minimum Gasteiger partial charge on any atom is -0.496 e. The first-order valence-corrected chi connectivity index (χ1v) is 7.66. The van der Waals surface area contributed by atoms with Crippen molar-refractivity contribution in [3.8, 4) is 5.75 Å². The van der Waals surface area contributed by atoms with Crippen molar-refractivity contribution < 1.29 is 9.47 Å². The fourth-order valence-electron chi connectivity index (χ4n) is 3.03. The molecule has 0 saturated carbocycles. The summed E-state index contributed by atoms with van der Waals surface area (Å²) >= 11 is 0. The van der Waals surface area contributed by atoms with Gasteiger partial charge >= 0.3 is 0 Å². The third-order valence-corrected chi connectivity index (χ3v) is 4.03. The van der Waals surface area contributed by atoms with E-state index in [2.05, 4.69) is 31.3 Å². The molecule has 3 nitrogen and oxygen atoms in total. The van der Waals surface area contributed by atoms with Crippen molar-refractivity contribution in [1.29, 1.82) is 0 Å². The Morgan fingerprint density at radius 3 is 2.95 bits per heavy atom. The number of hydrogen-bond acceptors (Lipinski definition) is 3. The number of benzene rings is 1. The van der Waals surface area contributed by atoms with Crippen molar-refractivity contribution in [2.75, 3.05) is 20.3 Å². The quantitative estimate of drug-likeness (QED) is 0.866. The molecule has 1 heterocycles. The highest BCUT2D eigenvalue weighted by Crippen LogP contribution is 2.31. The first-order chi connectivity index (χ1) is 9.67. The maximum absolute atomic E-state index is 6.08. The van der Waals surface area contributed by atoms with Gasteiger partial charge in [0.2, 0.25) is 0 Å². The van der Waals surface area contributed by atoms with E-state index in [0.29, 0.717) is 6.04 Å². The van der Waals surface area contributed by atoms with E-state index >= 15 is 0 Å². The Bertz CT molecular complexity index is 421. The highest BCUT2D eigenvalue weighted by Gasteiger charge is 2.33. The molecule has 3 heteroatoms. The number of ether oxygens (including phenoxy) is 2. The summed E-state index contributed by atoms with van der Waals surface area (Å²) in [5.41, 5.74) is 1.13. The Labute approximate surface area is 122 Å². The van der Waals surface area contributed by atoms with Crippen molar-refractivity contribution in [3.05, 3.63) is 29.8 Å². The van der Waals surface area contributed by atoms with E-state index in [1.54, 1.807) is 7.11 Å². The molecule has 0 radical (unpaired) electrons. The summed E-state index contributed by atoms with van der Waals surface area (Å²) in [6.45, 7) is 6.36. The van der Waals surface area contributed by atoms with E-state index in [0.717, 1.165) is 38.2 Å². The highest BCUT2D eigenvalue weighted by molar-refractivity contribution is 5.34. The number of hydrogen-bond donors (Lipinski definition) is 1. The smallest absolute Gasteiger partial charge is 0.122 e. The second-order valence-corrected chi connectivity index (χ2v) is 5.93. The fourth-order valence-corrected chi connectivity index (χ4v) is 3.03. The van der Waals surface area contributed by atoms with Crippen LogP contribution in [0.5, 0.6) is 5.75 Å². The van der Waals surface area contributed by atoms with E-state index < -0.39 is 0 Å². The monoisotopic (exact) mass is 277 g/mol. The van der Waals surface area contributed by atoms with Gasteiger partial charge in [-0.15, -0.1) is 0 Å². The SMILES string of the molecule is CCCNC1CCOC(C)(Cc2ccccc2OC)C1. The van der Waals surface area contributed by atoms with Crippen LogP contribution in [-0.4, -0.2) is 31.9 Å². The predicted octanol–water partition coefficient (Wildman–Crippen LogP) is 3.18. The van der Waals surface area contributed by atoms with E-state index in [9.17, 15) is 0 Å². The largest absolute Gasteiger partial charge is 0.496 e. The minimum atomic E-state index is -0.0989. The lowest BCUT2D eigenvalue weighted by Crippen LogP contribution is -2.46. The van der Waals surface area contributed by atoms with Crippen molar-refractivity contribution in [2.45, 2.75) is 51.2 Å². The summed E-state index contributed by atoms with van der Waals surface area (Å²) in [5, 5.41) is 3.63. The van der Waals surface area contributed by atoms with Crippen LogP contribution in [0, 0.1) is 0 Å². The molecule has 1 aliphatic heterocycles. The van der Waals surface area contributed by atoms with Gasteiger partial charge in [0, 0.05) is 19.1 Å². The van der Waals surface area contributed by atoms with Crippen LogP contribution < -0.4 is 10.1 Å². The lowest BCUT2D eigenvalue weighted by atomic mass is 9.86. The molecule has 0 aliphatic carbocycles. The van der Waals surface area contributed by atoms with Gasteiger partial charge in [-0.1, -0.05) is 25.1 Å². The van der Waals surface area contributed by atoms with Gasteiger partial charge in [0.1, 0.15) is 5.75 Å². The average Bonchev–Trinajstić information content (AvgIpc) is 2.45. The molecule has 112 valence electrons. The molecule has 2 atom stereocenters. The number of methoxy groups -OCH3 is 1. The normalized spacial score (nSPS) is 26.4. The lowest BCUT2D eigenvalue weighted by molar-refractivity contribution is -0.0754. The molecule has 0 amide bonds. The summed E-state index contributed by atoms with van der Waals surface area (Å²) in [6.07, 6.45) is 4.26. The van der Waals surface area contributed by atoms with Crippen LogP contribution in [0.1, 0.15) is 38.7 Å². The molecule has 2 unspecified atom stereocenters. The van der Waals surface area contributed by atoms with Crippen molar-refractivity contribution in [3.63, 3.8) is 0 Å². The predicted molar refractivity (Wildman–Crippen MR) is 82.4 cm³/mol. The molecule has 0 spiro atoms. The van der Waals surface area contributed by atoms with Gasteiger partial charge in [0.25, 0.3) is 0 Å². The zero-order valence-corrected chi connectivity index (χ0v) is 12.9. The van der Waals surface area contributed by atoms with E-state index in [4.69, 9.17) is 9.47 Å². The molecule has 0 bridgehead atoms. The molecule has 1 N–H and O–H groups in total. The zero-order valence-electron chi connectivity index (χ0n) is 12.9. The second kappa shape index (κ2) is 7.09. The zero-order chi connectivity index (χ0) is 14.4. The summed E-state index contributed by atoms with van der Waals surface area (Å²) in [7, 11) is 1.73. The number of para-hydroxylation sites is 1. The second-order valence-electron chi connectivity index (χ2n) is 5.93. The molecule has 1 aromatic rings. The third kappa shape index (κ3) is 3.97. The fraction of sp³-hybridized carbons (Fsp3) is 0.647. The van der Waals surface area contributed by atoms with Crippen LogP contribution in [0.2, 0.25) is 0 Å². The topological polar surface area (TPSA) is 30.5 Å². The number of nitrogens with one attached hydrogen (secondary N) is 1. The number of rotatable bonds is 6.